The molecule has 36 heavy (non-hydrogen) atoms. The molecule has 0 radical (unpaired) electrons. The largest absolute Gasteiger partial charge is 0.490 e. The van der Waals surface area contributed by atoms with E-state index in [2.05, 4.69) is 25.8 Å². The van der Waals surface area contributed by atoms with Crippen LogP contribution in [0.3, 0.4) is 0 Å². The van der Waals surface area contributed by atoms with Crippen molar-refractivity contribution in [1.82, 2.24) is 0 Å². The SMILES string of the molecule is CCOc1cc(C=C2N=C(c3ccc(C(C)(C)C)cc3)OC2=O)ccc1OCc1c(Cl)cccc1Cl. The molecule has 7 heteroatoms. The average Bonchev–Trinajstić information content (AvgIpc) is 3.19. The summed E-state index contributed by atoms with van der Waals surface area (Å²) < 4.78 is 17.2. The van der Waals surface area contributed by atoms with Crippen molar-refractivity contribution in [3.63, 3.8) is 0 Å². The van der Waals surface area contributed by atoms with Gasteiger partial charge in [0.05, 0.1) is 6.61 Å². The summed E-state index contributed by atoms with van der Waals surface area (Å²) in [4.78, 5) is 16.9. The first-order chi connectivity index (χ1) is 17.2. The minimum absolute atomic E-state index is 0.0333. The fourth-order valence-corrected chi connectivity index (χ4v) is 4.13. The summed E-state index contributed by atoms with van der Waals surface area (Å²) in [5, 5.41) is 1.06. The smallest absolute Gasteiger partial charge is 0.363 e. The number of carbonyl (C=O) groups is 1. The highest BCUT2D eigenvalue weighted by Gasteiger charge is 2.25. The Morgan fingerprint density at radius 1 is 0.944 bits per heavy atom. The van der Waals surface area contributed by atoms with Crippen LogP contribution in [0.15, 0.2) is 71.4 Å². The second-order valence-corrected chi connectivity index (χ2v) is 10.1. The summed E-state index contributed by atoms with van der Waals surface area (Å²) in [6.45, 7) is 8.96. The molecule has 0 saturated carbocycles. The first-order valence-electron chi connectivity index (χ1n) is 11.6. The van der Waals surface area contributed by atoms with E-state index >= 15 is 0 Å². The molecule has 0 amide bonds. The maximum absolute atomic E-state index is 12.5. The monoisotopic (exact) mass is 523 g/mol. The summed E-state index contributed by atoms with van der Waals surface area (Å²) in [6.07, 6.45) is 1.66. The van der Waals surface area contributed by atoms with E-state index in [-0.39, 0.29) is 23.6 Å². The van der Waals surface area contributed by atoms with Gasteiger partial charge in [0.1, 0.15) is 6.61 Å². The lowest BCUT2D eigenvalue weighted by Crippen LogP contribution is -2.11. The first-order valence-corrected chi connectivity index (χ1v) is 12.4. The Morgan fingerprint density at radius 3 is 2.28 bits per heavy atom. The molecular weight excluding hydrogens is 497 g/mol. The van der Waals surface area contributed by atoms with Crippen LogP contribution in [-0.2, 0) is 21.6 Å². The molecule has 5 nitrogen and oxygen atoms in total. The molecule has 4 rings (SSSR count). The Bertz CT molecular complexity index is 1320. The van der Waals surface area contributed by atoms with Crippen LogP contribution in [0, 0.1) is 0 Å². The van der Waals surface area contributed by atoms with Crippen molar-refractivity contribution < 1.29 is 19.0 Å². The zero-order chi connectivity index (χ0) is 25.9. The van der Waals surface area contributed by atoms with Gasteiger partial charge in [0.25, 0.3) is 0 Å². The van der Waals surface area contributed by atoms with Crippen LogP contribution in [0.2, 0.25) is 10.0 Å². The molecule has 3 aromatic carbocycles. The van der Waals surface area contributed by atoms with Crippen LogP contribution in [0.1, 0.15) is 49.9 Å². The van der Waals surface area contributed by atoms with Gasteiger partial charge >= 0.3 is 5.97 Å². The van der Waals surface area contributed by atoms with Crippen LogP contribution in [0.25, 0.3) is 6.08 Å². The highest BCUT2D eigenvalue weighted by atomic mass is 35.5. The number of benzene rings is 3. The van der Waals surface area contributed by atoms with Gasteiger partial charge in [0, 0.05) is 21.2 Å². The van der Waals surface area contributed by atoms with E-state index < -0.39 is 5.97 Å². The van der Waals surface area contributed by atoms with Crippen molar-refractivity contribution in [3.05, 3.63) is 98.7 Å². The molecule has 3 aromatic rings. The molecule has 0 unspecified atom stereocenters. The molecule has 1 heterocycles. The van der Waals surface area contributed by atoms with Gasteiger partial charge in [0.2, 0.25) is 5.90 Å². The van der Waals surface area contributed by atoms with Crippen LogP contribution < -0.4 is 9.47 Å². The van der Waals surface area contributed by atoms with Crippen molar-refractivity contribution in [3.8, 4) is 11.5 Å². The zero-order valence-electron chi connectivity index (χ0n) is 20.6. The molecule has 0 aliphatic carbocycles. The summed E-state index contributed by atoms with van der Waals surface area (Å²) >= 11 is 12.5. The van der Waals surface area contributed by atoms with Gasteiger partial charge in [0.15, 0.2) is 17.2 Å². The third-order valence-corrected chi connectivity index (χ3v) is 6.33. The molecule has 1 aliphatic rings. The minimum atomic E-state index is -0.503. The number of carbonyl (C=O) groups excluding carboxylic acids is 1. The van der Waals surface area contributed by atoms with Crippen molar-refractivity contribution in [2.45, 2.75) is 39.7 Å². The maximum atomic E-state index is 12.5. The van der Waals surface area contributed by atoms with Crippen molar-refractivity contribution in [1.29, 1.82) is 0 Å². The first kappa shape index (κ1) is 25.8. The molecule has 0 fully saturated rings. The Morgan fingerprint density at radius 2 is 1.64 bits per heavy atom. The van der Waals surface area contributed by atoms with E-state index in [1.807, 2.05) is 37.3 Å². The Kier molecular flexibility index (Phi) is 7.72. The fraction of sp³-hybridized carbons (Fsp3) is 0.241. The van der Waals surface area contributed by atoms with E-state index in [0.29, 0.717) is 33.7 Å². The van der Waals surface area contributed by atoms with E-state index in [0.717, 1.165) is 11.1 Å². The second kappa shape index (κ2) is 10.8. The van der Waals surface area contributed by atoms with Gasteiger partial charge in [-0.3, -0.25) is 0 Å². The van der Waals surface area contributed by atoms with Gasteiger partial charge in [-0.1, -0.05) is 68.2 Å². The highest BCUT2D eigenvalue weighted by Crippen LogP contribution is 2.33. The third kappa shape index (κ3) is 5.92. The number of cyclic esters (lactones) is 1. The molecule has 0 spiro atoms. The van der Waals surface area contributed by atoms with Crippen molar-refractivity contribution in [2.24, 2.45) is 4.99 Å². The second-order valence-electron chi connectivity index (χ2n) is 9.29. The summed E-state index contributed by atoms with van der Waals surface area (Å²) in [5.41, 5.74) is 3.60. The Balaban J connectivity index is 1.56. The molecule has 0 atom stereocenters. The quantitative estimate of drug-likeness (QED) is 0.236. The predicted molar refractivity (Wildman–Crippen MR) is 144 cm³/mol. The number of hydrogen-bond acceptors (Lipinski definition) is 5. The molecule has 0 bridgehead atoms. The van der Waals surface area contributed by atoms with E-state index in [4.69, 9.17) is 37.4 Å². The van der Waals surface area contributed by atoms with Gasteiger partial charge in [-0.15, -0.1) is 0 Å². The van der Waals surface area contributed by atoms with Gasteiger partial charge < -0.3 is 14.2 Å². The summed E-state index contributed by atoms with van der Waals surface area (Å²) in [6, 6.07) is 18.6. The molecule has 1 aliphatic heterocycles. The van der Waals surface area contributed by atoms with Crippen molar-refractivity contribution in [2.75, 3.05) is 6.61 Å². The van der Waals surface area contributed by atoms with Crippen LogP contribution in [0.4, 0.5) is 0 Å². The lowest BCUT2D eigenvalue weighted by atomic mass is 9.87. The molecule has 0 saturated heterocycles. The molecule has 0 N–H and O–H groups in total. The topological polar surface area (TPSA) is 57.1 Å². The highest BCUT2D eigenvalue weighted by molar-refractivity contribution is 6.35. The lowest BCUT2D eigenvalue weighted by molar-refractivity contribution is -0.129. The standard InChI is InChI=1S/C29H27Cl2NO4/c1-5-34-26-16-18(9-14-25(26)35-17-21-22(30)7-6-8-23(21)31)15-24-28(33)36-27(32-24)19-10-12-20(13-11-19)29(2,3)4/h6-16H,5,17H2,1-4H3. The van der Waals surface area contributed by atoms with E-state index in [9.17, 15) is 4.79 Å². The van der Waals surface area contributed by atoms with Crippen molar-refractivity contribution >= 4 is 41.1 Å². The Hall–Kier alpha value is -3.28. The van der Waals surface area contributed by atoms with Gasteiger partial charge in [-0.2, -0.15) is 0 Å². The van der Waals surface area contributed by atoms with Crippen LogP contribution in [-0.4, -0.2) is 18.5 Å². The van der Waals surface area contributed by atoms with Crippen LogP contribution >= 0.6 is 23.2 Å². The molecule has 186 valence electrons. The fourth-order valence-electron chi connectivity index (χ4n) is 3.63. The molecular formula is C29H27Cl2NO4. The third-order valence-electron chi connectivity index (χ3n) is 5.62. The number of aliphatic imine (C=N–C) groups is 1. The Labute approximate surface area is 221 Å². The number of hydrogen-bond donors (Lipinski definition) is 0. The van der Waals surface area contributed by atoms with Crippen LogP contribution in [0.5, 0.6) is 11.5 Å². The number of halogens is 2. The number of esters is 1. The summed E-state index contributed by atoms with van der Waals surface area (Å²) in [5.74, 6) is 0.848. The molecule has 0 aromatic heterocycles. The minimum Gasteiger partial charge on any atom is -0.490 e. The number of rotatable bonds is 7. The zero-order valence-corrected chi connectivity index (χ0v) is 22.1. The van der Waals surface area contributed by atoms with E-state index in [1.54, 1.807) is 36.4 Å². The predicted octanol–water partition coefficient (Wildman–Crippen LogP) is 7.61. The van der Waals surface area contributed by atoms with Gasteiger partial charge in [-0.25, -0.2) is 9.79 Å². The average molecular weight is 524 g/mol. The maximum Gasteiger partial charge on any atom is 0.363 e. The number of ether oxygens (including phenoxy) is 3. The van der Waals surface area contributed by atoms with Gasteiger partial charge in [-0.05, 0) is 65.9 Å². The normalized spacial score (nSPS) is 14.6. The number of nitrogens with zero attached hydrogens (tertiary/aromatic N) is 1. The summed E-state index contributed by atoms with van der Waals surface area (Å²) in [7, 11) is 0. The lowest BCUT2D eigenvalue weighted by Gasteiger charge is -2.18. The van der Waals surface area contributed by atoms with E-state index in [1.165, 1.54) is 5.56 Å².